The molecule has 0 aliphatic carbocycles. The minimum atomic E-state index is -0.232. The van der Waals surface area contributed by atoms with Gasteiger partial charge in [0.1, 0.15) is 12.1 Å². The molecule has 2 amide bonds. The fourth-order valence-electron chi connectivity index (χ4n) is 3.07. The number of piperazine rings is 1. The van der Waals surface area contributed by atoms with Gasteiger partial charge in [0.05, 0.1) is 0 Å². The molecule has 0 aromatic carbocycles. The third-order valence-electron chi connectivity index (χ3n) is 4.25. The summed E-state index contributed by atoms with van der Waals surface area (Å²) in [4.78, 5) is 28.7. The Balaban J connectivity index is 2.15. The van der Waals surface area contributed by atoms with Crippen molar-refractivity contribution in [3.8, 4) is 0 Å². The topological polar surface area (TPSA) is 40.6 Å². The van der Waals surface area contributed by atoms with Crippen LogP contribution in [0.25, 0.3) is 0 Å². The lowest BCUT2D eigenvalue weighted by Crippen LogP contribution is -2.62. The minimum absolute atomic E-state index is 0.165. The molecule has 2 heterocycles. The summed E-state index contributed by atoms with van der Waals surface area (Å²) in [6, 6.07) is -0.403. The summed E-state index contributed by atoms with van der Waals surface area (Å²) in [5.74, 6) is 0.340. The van der Waals surface area contributed by atoms with Crippen molar-refractivity contribution in [1.29, 1.82) is 0 Å². The van der Waals surface area contributed by atoms with Crippen LogP contribution >= 0.6 is 0 Å². The molecule has 2 aliphatic heterocycles. The number of nitrogens with zero attached hydrogens (tertiary/aromatic N) is 2. The molecule has 2 aliphatic rings. The number of hydrogen-bond acceptors (Lipinski definition) is 2. The molecule has 0 radical (unpaired) electrons. The van der Waals surface area contributed by atoms with E-state index in [4.69, 9.17) is 0 Å². The smallest absolute Gasteiger partial charge is 0.246 e. The maximum Gasteiger partial charge on any atom is 0.246 e. The highest BCUT2D eigenvalue weighted by molar-refractivity contribution is 5.97. The van der Waals surface area contributed by atoms with E-state index in [1.54, 1.807) is 0 Å². The Labute approximate surface area is 116 Å². The molecule has 2 saturated heterocycles. The number of carbonyl (C=O) groups is 2. The zero-order chi connectivity index (χ0) is 14.2. The van der Waals surface area contributed by atoms with E-state index >= 15 is 0 Å². The van der Waals surface area contributed by atoms with Crippen molar-refractivity contribution in [3.63, 3.8) is 0 Å². The molecule has 0 aromatic heterocycles. The van der Waals surface area contributed by atoms with Crippen LogP contribution in [0.4, 0.5) is 0 Å². The highest BCUT2D eigenvalue weighted by atomic mass is 16.2. The van der Waals surface area contributed by atoms with Gasteiger partial charge >= 0.3 is 0 Å². The van der Waals surface area contributed by atoms with E-state index in [2.05, 4.69) is 20.8 Å². The standard InChI is InChI=1S/C15H26N2O2/c1-5-11-13(18)16-9-6-7-12(16)14(19)17(11)10-8-15(2,3)4/h11-12H,5-10H2,1-4H3. The predicted octanol–water partition coefficient (Wildman–Crippen LogP) is 2.03. The van der Waals surface area contributed by atoms with Crippen LogP contribution in [0.15, 0.2) is 0 Å². The van der Waals surface area contributed by atoms with Crippen molar-refractivity contribution in [2.24, 2.45) is 5.41 Å². The summed E-state index contributed by atoms with van der Waals surface area (Å²) in [6.07, 6.45) is 3.46. The van der Waals surface area contributed by atoms with E-state index in [0.717, 1.165) is 32.2 Å². The number of hydrogen-bond donors (Lipinski definition) is 0. The number of carbonyl (C=O) groups excluding carboxylic acids is 2. The molecule has 0 saturated carbocycles. The summed E-state index contributed by atoms with van der Waals surface area (Å²) in [7, 11) is 0. The molecule has 0 aromatic rings. The van der Waals surface area contributed by atoms with Crippen LogP contribution in [0.3, 0.4) is 0 Å². The molecular weight excluding hydrogens is 240 g/mol. The van der Waals surface area contributed by atoms with E-state index in [-0.39, 0.29) is 29.3 Å². The Morgan fingerprint density at radius 3 is 2.47 bits per heavy atom. The Kier molecular flexibility index (Phi) is 3.88. The van der Waals surface area contributed by atoms with E-state index < -0.39 is 0 Å². The summed E-state index contributed by atoms with van der Waals surface area (Å²) >= 11 is 0. The van der Waals surface area contributed by atoms with Crippen LogP contribution in [0.2, 0.25) is 0 Å². The van der Waals surface area contributed by atoms with Crippen LogP contribution in [-0.2, 0) is 9.59 Å². The molecule has 4 nitrogen and oxygen atoms in total. The number of amides is 2. The molecule has 0 N–H and O–H groups in total. The number of fused-ring (bicyclic) bond motifs is 1. The van der Waals surface area contributed by atoms with Gasteiger partial charge in [0.25, 0.3) is 0 Å². The lowest BCUT2D eigenvalue weighted by molar-refractivity contribution is -0.159. The van der Waals surface area contributed by atoms with Gasteiger partial charge in [-0.25, -0.2) is 0 Å². The van der Waals surface area contributed by atoms with Gasteiger partial charge < -0.3 is 9.80 Å². The summed E-state index contributed by atoms with van der Waals surface area (Å²) in [5.41, 5.74) is 0.189. The Bertz CT molecular complexity index is 373. The predicted molar refractivity (Wildman–Crippen MR) is 74.6 cm³/mol. The lowest BCUT2D eigenvalue weighted by atomic mass is 9.91. The highest BCUT2D eigenvalue weighted by Crippen LogP contribution is 2.29. The molecule has 0 spiro atoms. The van der Waals surface area contributed by atoms with Crippen molar-refractivity contribution in [1.82, 2.24) is 9.80 Å². The Hall–Kier alpha value is -1.06. The van der Waals surface area contributed by atoms with Crippen LogP contribution in [-0.4, -0.2) is 46.8 Å². The number of rotatable bonds is 3. The molecule has 2 unspecified atom stereocenters. The van der Waals surface area contributed by atoms with E-state index in [0.29, 0.717) is 6.54 Å². The first-order chi connectivity index (χ1) is 8.85. The maximum absolute atomic E-state index is 12.6. The Morgan fingerprint density at radius 2 is 1.89 bits per heavy atom. The average molecular weight is 266 g/mol. The van der Waals surface area contributed by atoms with Crippen molar-refractivity contribution in [2.45, 2.75) is 65.5 Å². The third-order valence-corrected chi connectivity index (χ3v) is 4.25. The second-order valence-electron chi connectivity index (χ2n) is 6.96. The average Bonchev–Trinajstić information content (AvgIpc) is 2.80. The second kappa shape index (κ2) is 5.14. The maximum atomic E-state index is 12.6. The zero-order valence-corrected chi connectivity index (χ0v) is 12.6. The summed E-state index contributed by atoms with van der Waals surface area (Å²) in [6.45, 7) is 9.98. The van der Waals surface area contributed by atoms with Crippen molar-refractivity contribution in [3.05, 3.63) is 0 Å². The van der Waals surface area contributed by atoms with Crippen LogP contribution < -0.4 is 0 Å². The first-order valence-corrected chi connectivity index (χ1v) is 7.46. The third kappa shape index (κ3) is 2.77. The molecule has 4 heteroatoms. The lowest BCUT2D eigenvalue weighted by Gasteiger charge is -2.42. The quantitative estimate of drug-likeness (QED) is 0.784. The molecule has 2 rings (SSSR count). The van der Waals surface area contributed by atoms with Crippen LogP contribution in [0.1, 0.15) is 53.4 Å². The van der Waals surface area contributed by atoms with Crippen molar-refractivity contribution in [2.75, 3.05) is 13.1 Å². The summed E-state index contributed by atoms with van der Waals surface area (Å²) in [5, 5.41) is 0. The second-order valence-corrected chi connectivity index (χ2v) is 6.96. The van der Waals surface area contributed by atoms with Gasteiger partial charge in [0.2, 0.25) is 11.8 Å². The minimum Gasteiger partial charge on any atom is -0.329 e. The largest absolute Gasteiger partial charge is 0.329 e. The van der Waals surface area contributed by atoms with Gasteiger partial charge in [0, 0.05) is 13.1 Å². The van der Waals surface area contributed by atoms with E-state index in [1.807, 2.05) is 16.7 Å². The molecule has 108 valence electrons. The first-order valence-electron chi connectivity index (χ1n) is 7.46. The van der Waals surface area contributed by atoms with Gasteiger partial charge in [-0.1, -0.05) is 27.7 Å². The van der Waals surface area contributed by atoms with Gasteiger partial charge in [-0.15, -0.1) is 0 Å². The van der Waals surface area contributed by atoms with Crippen molar-refractivity contribution < 1.29 is 9.59 Å². The van der Waals surface area contributed by atoms with E-state index in [9.17, 15) is 9.59 Å². The molecule has 2 fully saturated rings. The molecule has 19 heavy (non-hydrogen) atoms. The monoisotopic (exact) mass is 266 g/mol. The molecule has 0 bridgehead atoms. The molecule has 2 atom stereocenters. The van der Waals surface area contributed by atoms with Gasteiger partial charge in [-0.2, -0.15) is 0 Å². The first kappa shape index (κ1) is 14.4. The van der Waals surface area contributed by atoms with Gasteiger partial charge in [-0.3, -0.25) is 9.59 Å². The zero-order valence-electron chi connectivity index (χ0n) is 12.6. The molecular formula is C15H26N2O2. The Morgan fingerprint density at radius 1 is 1.21 bits per heavy atom. The van der Waals surface area contributed by atoms with E-state index in [1.165, 1.54) is 0 Å². The highest BCUT2D eigenvalue weighted by Gasteiger charge is 2.46. The van der Waals surface area contributed by atoms with Crippen LogP contribution in [0.5, 0.6) is 0 Å². The van der Waals surface area contributed by atoms with Crippen molar-refractivity contribution >= 4 is 11.8 Å². The van der Waals surface area contributed by atoms with Gasteiger partial charge in [0.15, 0.2) is 0 Å². The fourth-order valence-corrected chi connectivity index (χ4v) is 3.07. The van der Waals surface area contributed by atoms with Gasteiger partial charge in [-0.05, 0) is 31.1 Å². The normalized spacial score (nSPS) is 28.0. The SMILES string of the molecule is CCC1C(=O)N2CCCC2C(=O)N1CCC(C)(C)C. The van der Waals surface area contributed by atoms with Crippen LogP contribution in [0, 0.1) is 5.41 Å². The fraction of sp³-hybridized carbons (Fsp3) is 0.867. The summed E-state index contributed by atoms with van der Waals surface area (Å²) < 4.78 is 0.